The molecule has 1 N–H and O–H groups in total. The Morgan fingerprint density at radius 3 is 2.89 bits per heavy atom. The smallest absolute Gasteiger partial charge is 0.358 e. The van der Waals surface area contributed by atoms with Gasteiger partial charge in [0.2, 0.25) is 0 Å². The van der Waals surface area contributed by atoms with Crippen molar-refractivity contribution in [2.75, 3.05) is 0 Å². The maximum absolute atomic E-state index is 11.1. The lowest BCUT2D eigenvalue weighted by Crippen LogP contribution is -2.04. The molecule has 0 saturated heterocycles. The number of aromatic nitrogens is 3. The van der Waals surface area contributed by atoms with E-state index in [1.807, 2.05) is 6.92 Å². The number of benzene rings is 1. The first kappa shape index (κ1) is 12.6. The van der Waals surface area contributed by atoms with Crippen LogP contribution in [-0.2, 0) is 6.54 Å². The zero-order valence-corrected chi connectivity index (χ0v) is 10.6. The normalized spacial score (nSPS) is 10.6. The molecule has 2 aromatic rings. The lowest BCUT2D eigenvalue weighted by molar-refractivity contribution is 0.0691. The van der Waals surface area contributed by atoms with Gasteiger partial charge in [-0.15, -0.1) is 5.10 Å². The van der Waals surface area contributed by atoms with Gasteiger partial charge < -0.3 is 5.11 Å². The Labute approximate surface area is 109 Å². The molecule has 0 aliphatic heterocycles. The van der Waals surface area contributed by atoms with Crippen molar-refractivity contribution in [2.45, 2.75) is 19.9 Å². The average Bonchev–Trinajstić information content (AvgIpc) is 2.73. The molecule has 0 fully saturated rings. The highest BCUT2D eigenvalue weighted by Crippen LogP contribution is 2.25. The number of carboxylic acids is 1. The van der Waals surface area contributed by atoms with Crippen molar-refractivity contribution in [3.63, 3.8) is 0 Å². The highest BCUT2D eigenvalue weighted by atomic mass is 35.5. The van der Waals surface area contributed by atoms with Crippen molar-refractivity contribution in [1.29, 1.82) is 0 Å². The minimum Gasteiger partial charge on any atom is -0.476 e. The number of aryl methyl sites for hydroxylation is 1. The molecule has 0 bridgehead atoms. The van der Waals surface area contributed by atoms with Crippen LogP contribution in [0, 0.1) is 0 Å². The topological polar surface area (TPSA) is 68.0 Å². The van der Waals surface area contributed by atoms with Crippen LogP contribution >= 0.6 is 11.6 Å². The molecule has 0 atom stereocenters. The molecule has 0 radical (unpaired) electrons. The van der Waals surface area contributed by atoms with Gasteiger partial charge in [-0.3, -0.25) is 0 Å². The number of carbonyl (C=O) groups is 1. The Bertz CT molecular complexity index is 580. The van der Waals surface area contributed by atoms with Crippen molar-refractivity contribution in [3.05, 3.63) is 35.0 Å². The highest BCUT2D eigenvalue weighted by molar-refractivity contribution is 6.30. The van der Waals surface area contributed by atoms with Gasteiger partial charge in [-0.2, -0.15) is 0 Å². The number of hydrogen-bond donors (Lipinski definition) is 1. The van der Waals surface area contributed by atoms with Crippen LogP contribution in [0.5, 0.6) is 0 Å². The highest BCUT2D eigenvalue weighted by Gasteiger charge is 2.20. The molecule has 6 heteroatoms. The van der Waals surface area contributed by atoms with Crippen LogP contribution in [0.15, 0.2) is 24.3 Å². The Hall–Kier alpha value is -1.88. The molecular weight excluding hydrogens is 254 g/mol. The fourth-order valence-electron chi connectivity index (χ4n) is 1.75. The van der Waals surface area contributed by atoms with E-state index in [1.54, 1.807) is 28.9 Å². The number of carboxylic acid groups (broad SMARTS) is 1. The van der Waals surface area contributed by atoms with Crippen LogP contribution in [0.4, 0.5) is 0 Å². The molecule has 18 heavy (non-hydrogen) atoms. The first-order chi connectivity index (χ1) is 8.63. The van der Waals surface area contributed by atoms with E-state index < -0.39 is 5.97 Å². The molecule has 0 aliphatic carbocycles. The number of rotatable bonds is 4. The van der Waals surface area contributed by atoms with E-state index in [0.29, 0.717) is 22.8 Å². The molecule has 0 amide bonds. The van der Waals surface area contributed by atoms with E-state index in [9.17, 15) is 4.79 Å². The molecule has 0 aliphatic rings. The predicted molar refractivity (Wildman–Crippen MR) is 67.7 cm³/mol. The van der Waals surface area contributed by atoms with Crippen molar-refractivity contribution >= 4 is 17.6 Å². The lowest BCUT2D eigenvalue weighted by Gasteiger charge is -2.06. The minimum atomic E-state index is -1.09. The largest absolute Gasteiger partial charge is 0.476 e. The van der Waals surface area contributed by atoms with Crippen molar-refractivity contribution in [1.82, 2.24) is 15.0 Å². The maximum atomic E-state index is 11.1. The van der Waals surface area contributed by atoms with E-state index >= 15 is 0 Å². The SMILES string of the molecule is CCCn1nnc(C(=O)O)c1-c1cccc(Cl)c1. The third-order valence-corrected chi connectivity index (χ3v) is 2.71. The summed E-state index contributed by atoms with van der Waals surface area (Å²) in [5, 5.41) is 17.3. The van der Waals surface area contributed by atoms with Crippen LogP contribution in [0.25, 0.3) is 11.3 Å². The Kier molecular flexibility index (Phi) is 3.62. The molecule has 5 nitrogen and oxygen atoms in total. The first-order valence-corrected chi connectivity index (χ1v) is 5.94. The second kappa shape index (κ2) is 5.18. The number of halogens is 1. The quantitative estimate of drug-likeness (QED) is 0.923. The zero-order valence-electron chi connectivity index (χ0n) is 9.80. The van der Waals surface area contributed by atoms with Gasteiger partial charge in [-0.25, -0.2) is 9.48 Å². The summed E-state index contributed by atoms with van der Waals surface area (Å²) in [5.41, 5.74) is 1.15. The average molecular weight is 266 g/mol. The Morgan fingerprint density at radius 1 is 1.50 bits per heavy atom. The molecule has 1 aromatic carbocycles. The van der Waals surface area contributed by atoms with E-state index in [2.05, 4.69) is 10.3 Å². The summed E-state index contributed by atoms with van der Waals surface area (Å²) in [5.74, 6) is -1.09. The van der Waals surface area contributed by atoms with Gasteiger partial charge in [0.25, 0.3) is 0 Å². The monoisotopic (exact) mass is 265 g/mol. The van der Waals surface area contributed by atoms with Gasteiger partial charge in [-0.1, -0.05) is 35.9 Å². The summed E-state index contributed by atoms with van der Waals surface area (Å²) in [6.45, 7) is 2.60. The number of hydrogen-bond acceptors (Lipinski definition) is 3. The van der Waals surface area contributed by atoms with E-state index in [0.717, 1.165) is 6.42 Å². The third kappa shape index (κ3) is 2.36. The lowest BCUT2D eigenvalue weighted by atomic mass is 10.1. The molecule has 94 valence electrons. The zero-order chi connectivity index (χ0) is 13.1. The minimum absolute atomic E-state index is 0.0503. The molecule has 0 saturated carbocycles. The molecular formula is C12H12ClN3O2. The summed E-state index contributed by atoms with van der Waals surface area (Å²) in [7, 11) is 0. The van der Waals surface area contributed by atoms with Gasteiger partial charge in [0.15, 0.2) is 5.69 Å². The van der Waals surface area contributed by atoms with Crippen molar-refractivity contribution in [2.24, 2.45) is 0 Å². The van der Waals surface area contributed by atoms with E-state index in [1.165, 1.54) is 0 Å². The fraction of sp³-hybridized carbons (Fsp3) is 0.250. The van der Waals surface area contributed by atoms with Gasteiger partial charge in [0.1, 0.15) is 5.69 Å². The van der Waals surface area contributed by atoms with Gasteiger partial charge >= 0.3 is 5.97 Å². The molecule has 1 aromatic heterocycles. The first-order valence-electron chi connectivity index (χ1n) is 5.56. The summed E-state index contributed by atoms with van der Waals surface area (Å²) in [6, 6.07) is 7.01. The van der Waals surface area contributed by atoms with Crippen molar-refractivity contribution in [3.8, 4) is 11.3 Å². The van der Waals surface area contributed by atoms with Crippen LogP contribution < -0.4 is 0 Å². The molecule has 0 spiro atoms. The summed E-state index contributed by atoms with van der Waals surface area (Å²) in [4.78, 5) is 11.1. The summed E-state index contributed by atoms with van der Waals surface area (Å²) in [6.07, 6.45) is 0.843. The Morgan fingerprint density at radius 2 is 2.28 bits per heavy atom. The molecule has 0 unspecified atom stereocenters. The second-order valence-electron chi connectivity index (χ2n) is 3.83. The summed E-state index contributed by atoms with van der Waals surface area (Å²) >= 11 is 5.93. The van der Waals surface area contributed by atoms with Crippen molar-refractivity contribution < 1.29 is 9.90 Å². The van der Waals surface area contributed by atoms with Gasteiger partial charge in [-0.05, 0) is 18.6 Å². The number of nitrogens with zero attached hydrogens (tertiary/aromatic N) is 3. The van der Waals surface area contributed by atoms with Gasteiger partial charge in [0, 0.05) is 17.1 Å². The third-order valence-electron chi connectivity index (χ3n) is 2.47. The van der Waals surface area contributed by atoms with Crippen LogP contribution in [-0.4, -0.2) is 26.1 Å². The van der Waals surface area contributed by atoms with Crippen LogP contribution in [0.3, 0.4) is 0 Å². The number of aromatic carboxylic acids is 1. The molecule has 1 heterocycles. The molecule has 2 rings (SSSR count). The van der Waals surface area contributed by atoms with E-state index in [-0.39, 0.29) is 5.69 Å². The van der Waals surface area contributed by atoms with Crippen LogP contribution in [0.2, 0.25) is 5.02 Å². The van der Waals surface area contributed by atoms with Gasteiger partial charge in [0.05, 0.1) is 0 Å². The summed E-state index contributed by atoms with van der Waals surface area (Å²) < 4.78 is 1.59. The fourth-order valence-corrected chi connectivity index (χ4v) is 1.94. The van der Waals surface area contributed by atoms with E-state index in [4.69, 9.17) is 16.7 Å². The van der Waals surface area contributed by atoms with Crippen LogP contribution in [0.1, 0.15) is 23.8 Å². The second-order valence-corrected chi connectivity index (χ2v) is 4.26. The Balaban J connectivity index is 2.59. The standard InChI is InChI=1S/C12H12ClN3O2/c1-2-6-16-11(10(12(17)18)14-15-16)8-4-3-5-9(13)7-8/h3-5,7H,2,6H2,1H3,(H,17,18). The predicted octanol–water partition coefficient (Wildman–Crippen LogP) is 2.71. The maximum Gasteiger partial charge on any atom is 0.358 e.